The number of nitro groups is 1. The molecule has 1 heterocycles. The molecule has 1 aromatic carbocycles. The predicted octanol–water partition coefficient (Wildman–Crippen LogP) is 1.60. The number of carbonyl (C=O) groups is 1. The number of carbonyl (C=O) groups excluding carboxylic acids is 1. The highest BCUT2D eigenvalue weighted by molar-refractivity contribution is 5.76. The van der Waals surface area contributed by atoms with E-state index < -0.39 is 22.4 Å². The average Bonchev–Trinajstić information content (AvgIpc) is 2.59. The summed E-state index contributed by atoms with van der Waals surface area (Å²) in [5.74, 6) is -0.109. The molecule has 0 bridgehead atoms. The summed E-state index contributed by atoms with van der Waals surface area (Å²) >= 11 is 0. The van der Waals surface area contributed by atoms with Crippen LogP contribution in [0, 0.1) is 10.1 Å². The van der Waals surface area contributed by atoms with Gasteiger partial charge in [-0.2, -0.15) is 13.2 Å². The van der Waals surface area contributed by atoms with Crippen LogP contribution < -0.4 is 15.5 Å². The van der Waals surface area contributed by atoms with Gasteiger partial charge >= 0.3 is 6.18 Å². The van der Waals surface area contributed by atoms with Crippen molar-refractivity contribution in [3.05, 3.63) is 33.9 Å². The SMILES string of the molecule is C[C@@H]1CCCC[NH+]1CC(=O)NCCNc1ccc(C(F)(F)F)cc1[N+](=O)[O-]. The van der Waals surface area contributed by atoms with Gasteiger partial charge < -0.3 is 15.5 Å². The van der Waals surface area contributed by atoms with Crippen LogP contribution in [0.5, 0.6) is 0 Å². The summed E-state index contributed by atoms with van der Waals surface area (Å²) in [6, 6.07) is 2.76. The minimum Gasteiger partial charge on any atom is -0.378 e. The number of halogens is 3. The minimum absolute atomic E-state index is 0.0162. The maximum Gasteiger partial charge on any atom is 0.416 e. The van der Waals surface area contributed by atoms with E-state index in [-0.39, 0.29) is 24.7 Å². The van der Waals surface area contributed by atoms with Gasteiger partial charge in [0.25, 0.3) is 11.6 Å². The van der Waals surface area contributed by atoms with Gasteiger partial charge in [-0.1, -0.05) is 0 Å². The Morgan fingerprint density at radius 1 is 1.33 bits per heavy atom. The lowest BCUT2D eigenvalue weighted by atomic mass is 10.0. The van der Waals surface area contributed by atoms with Gasteiger partial charge in [0.15, 0.2) is 6.54 Å². The molecule has 1 fully saturated rings. The van der Waals surface area contributed by atoms with Crippen molar-refractivity contribution in [2.45, 2.75) is 38.4 Å². The topological polar surface area (TPSA) is 88.7 Å². The summed E-state index contributed by atoms with van der Waals surface area (Å²) in [5.41, 5.74) is -1.74. The van der Waals surface area contributed by atoms with E-state index >= 15 is 0 Å². The third kappa shape index (κ3) is 6.09. The third-order valence-corrected chi connectivity index (χ3v) is 4.75. The molecule has 27 heavy (non-hydrogen) atoms. The van der Waals surface area contributed by atoms with Crippen LogP contribution in [0.1, 0.15) is 31.7 Å². The molecule has 1 aliphatic heterocycles. The van der Waals surface area contributed by atoms with E-state index in [1.165, 1.54) is 11.3 Å². The third-order valence-electron chi connectivity index (χ3n) is 4.75. The lowest BCUT2D eigenvalue weighted by Crippen LogP contribution is -3.17. The fourth-order valence-electron chi connectivity index (χ4n) is 3.19. The van der Waals surface area contributed by atoms with Crippen LogP contribution in [-0.2, 0) is 11.0 Å². The van der Waals surface area contributed by atoms with Crippen molar-refractivity contribution in [2.24, 2.45) is 0 Å². The highest BCUT2D eigenvalue weighted by Crippen LogP contribution is 2.34. The normalized spacial score (nSPS) is 20.1. The van der Waals surface area contributed by atoms with E-state index in [1.807, 2.05) is 0 Å². The Hall–Kier alpha value is -2.36. The number of nitrogens with zero attached hydrogens (tertiary/aromatic N) is 1. The summed E-state index contributed by atoms with van der Waals surface area (Å²) in [6.45, 7) is 3.85. The fourth-order valence-corrected chi connectivity index (χ4v) is 3.19. The van der Waals surface area contributed by atoms with Crippen LogP contribution in [0.2, 0.25) is 0 Å². The number of hydrogen-bond acceptors (Lipinski definition) is 4. The molecule has 1 aliphatic rings. The van der Waals surface area contributed by atoms with E-state index in [9.17, 15) is 28.1 Å². The Morgan fingerprint density at radius 2 is 2.07 bits per heavy atom. The molecule has 0 saturated carbocycles. The van der Waals surface area contributed by atoms with E-state index in [2.05, 4.69) is 17.6 Å². The first-order valence-corrected chi connectivity index (χ1v) is 8.89. The van der Waals surface area contributed by atoms with Gasteiger partial charge in [-0.15, -0.1) is 0 Å². The van der Waals surface area contributed by atoms with Crippen LogP contribution >= 0.6 is 0 Å². The average molecular weight is 389 g/mol. The zero-order valence-electron chi connectivity index (χ0n) is 15.1. The van der Waals surface area contributed by atoms with Crippen molar-refractivity contribution in [3.63, 3.8) is 0 Å². The number of quaternary nitrogens is 1. The molecule has 1 saturated heterocycles. The number of hydrogen-bond donors (Lipinski definition) is 3. The van der Waals surface area contributed by atoms with Crippen molar-refractivity contribution in [2.75, 3.05) is 31.5 Å². The molecule has 3 N–H and O–H groups in total. The maximum atomic E-state index is 12.7. The molecule has 7 nitrogen and oxygen atoms in total. The van der Waals surface area contributed by atoms with Gasteiger partial charge in [0, 0.05) is 19.2 Å². The van der Waals surface area contributed by atoms with Crippen molar-refractivity contribution in [3.8, 4) is 0 Å². The molecule has 1 amide bonds. The van der Waals surface area contributed by atoms with E-state index in [1.54, 1.807) is 0 Å². The summed E-state index contributed by atoms with van der Waals surface area (Å²) in [4.78, 5) is 23.4. The predicted molar refractivity (Wildman–Crippen MR) is 93.6 cm³/mol. The second-order valence-corrected chi connectivity index (χ2v) is 6.75. The summed E-state index contributed by atoms with van der Waals surface area (Å²) < 4.78 is 38.1. The van der Waals surface area contributed by atoms with Crippen LogP contribution in [0.4, 0.5) is 24.5 Å². The standard InChI is InChI=1S/C17H23F3N4O3/c1-12-4-2-3-9-23(12)11-16(25)22-8-7-21-14-6-5-13(17(18,19)20)10-15(14)24(26)27/h5-6,10,12,21H,2-4,7-9,11H2,1H3,(H,22,25)/p+1/t12-/m1/s1. The largest absolute Gasteiger partial charge is 0.416 e. The molecular weight excluding hydrogens is 365 g/mol. The zero-order valence-corrected chi connectivity index (χ0v) is 15.1. The molecule has 2 atom stereocenters. The van der Waals surface area contributed by atoms with Gasteiger partial charge in [0.1, 0.15) is 5.69 Å². The number of benzene rings is 1. The minimum atomic E-state index is -4.65. The van der Waals surface area contributed by atoms with Gasteiger partial charge in [-0.05, 0) is 38.3 Å². The summed E-state index contributed by atoms with van der Waals surface area (Å²) in [7, 11) is 0. The monoisotopic (exact) mass is 389 g/mol. The molecule has 0 spiro atoms. The van der Waals surface area contributed by atoms with Crippen molar-refractivity contribution >= 4 is 17.3 Å². The molecule has 1 unspecified atom stereocenters. The van der Waals surface area contributed by atoms with Gasteiger partial charge in [0.05, 0.1) is 23.1 Å². The number of nitro benzene ring substituents is 1. The van der Waals surface area contributed by atoms with Crippen LogP contribution in [0.25, 0.3) is 0 Å². The molecule has 10 heteroatoms. The highest BCUT2D eigenvalue weighted by Gasteiger charge is 2.33. The van der Waals surface area contributed by atoms with E-state index in [0.29, 0.717) is 18.7 Å². The molecule has 0 aromatic heterocycles. The van der Waals surface area contributed by atoms with Gasteiger partial charge in [0.2, 0.25) is 0 Å². The number of anilines is 1. The van der Waals surface area contributed by atoms with E-state index in [4.69, 9.17) is 0 Å². The Morgan fingerprint density at radius 3 is 2.70 bits per heavy atom. The van der Waals surface area contributed by atoms with Crippen molar-refractivity contribution in [1.29, 1.82) is 0 Å². The highest BCUT2D eigenvalue weighted by atomic mass is 19.4. The van der Waals surface area contributed by atoms with Crippen LogP contribution in [-0.4, -0.2) is 43.1 Å². The number of likely N-dealkylation sites (tertiary alicyclic amines) is 1. The molecule has 150 valence electrons. The number of rotatable bonds is 7. The smallest absolute Gasteiger partial charge is 0.378 e. The molecule has 0 aliphatic carbocycles. The Kier molecular flexibility index (Phi) is 7.00. The number of alkyl halides is 3. The zero-order chi connectivity index (χ0) is 20.0. The van der Waals surface area contributed by atoms with Crippen LogP contribution in [0.3, 0.4) is 0 Å². The Balaban J connectivity index is 1.84. The first kappa shape index (κ1) is 20.9. The first-order valence-electron chi connectivity index (χ1n) is 8.89. The van der Waals surface area contributed by atoms with Crippen LogP contribution in [0.15, 0.2) is 18.2 Å². The Labute approximate surface area is 155 Å². The second kappa shape index (κ2) is 9.03. The number of amides is 1. The second-order valence-electron chi connectivity index (χ2n) is 6.75. The van der Waals surface area contributed by atoms with Crippen molar-refractivity contribution < 1.29 is 27.8 Å². The molecule has 2 rings (SSSR count). The summed E-state index contributed by atoms with van der Waals surface area (Å²) in [6.07, 6.45) is -1.26. The lowest BCUT2D eigenvalue weighted by molar-refractivity contribution is -0.920. The number of piperidine rings is 1. The van der Waals surface area contributed by atoms with E-state index in [0.717, 1.165) is 31.5 Å². The molecule has 1 aromatic rings. The lowest BCUT2D eigenvalue weighted by Gasteiger charge is -2.29. The first-order chi connectivity index (χ1) is 12.7. The molecule has 0 radical (unpaired) electrons. The van der Waals surface area contributed by atoms with Crippen molar-refractivity contribution in [1.82, 2.24) is 5.32 Å². The van der Waals surface area contributed by atoms with Gasteiger partial charge in [-0.25, -0.2) is 0 Å². The van der Waals surface area contributed by atoms with Gasteiger partial charge in [-0.3, -0.25) is 14.9 Å². The number of nitrogens with one attached hydrogen (secondary N) is 3. The quantitative estimate of drug-likeness (QED) is 0.376. The Bertz CT molecular complexity index is 682. The fraction of sp³-hybridized carbons (Fsp3) is 0.588. The maximum absolute atomic E-state index is 12.7. The summed E-state index contributed by atoms with van der Waals surface area (Å²) in [5, 5.41) is 16.5. The molecular formula is C17H24F3N4O3+.